The lowest BCUT2D eigenvalue weighted by Gasteiger charge is -2.28. The summed E-state index contributed by atoms with van der Waals surface area (Å²) < 4.78 is 0. The van der Waals surface area contributed by atoms with Crippen LogP contribution >= 0.6 is 0 Å². The topological polar surface area (TPSA) is 72.3 Å². The molecule has 0 spiro atoms. The van der Waals surface area contributed by atoms with Crippen molar-refractivity contribution >= 4 is 6.41 Å². The molecule has 1 aliphatic heterocycles. The number of piperidine rings is 1. The predicted molar refractivity (Wildman–Crippen MR) is 49.5 cm³/mol. The maximum atomic E-state index is 8.58. The van der Waals surface area contributed by atoms with Crippen LogP contribution in [0, 0.1) is 5.92 Å². The number of carbonyl (C=O) groups is 1. The molecule has 1 atom stereocenters. The van der Waals surface area contributed by atoms with Gasteiger partial charge in [0.1, 0.15) is 0 Å². The average Bonchev–Trinajstić information content (AvgIpc) is 2.06. The van der Waals surface area contributed by atoms with Gasteiger partial charge in [0.25, 0.3) is 0 Å². The first-order valence-electron chi connectivity index (χ1n) is 4.28. The standard InChI is InChI=1S/C7H16N2.CH3NO/c1-9-4-2-3-7(5-8)6-9;2-1-3/h7H,2-6,8H2,1H3;1H,(H2,2,3). The highest BCUT2D eigenvalue weighted by Crippen LogP contribution is 2.12. The van der Waals surface area contributed by atoms with Crippen molar-refractivity contribution in [3.8, 4) is 0 Å². The van der Waals surface area contributed by atoms with Crippen molar-refractivity contribution in [3.05, 3.63) is 0 Å². The van der Waals surface area contributed by atoms with Crippen molar-refractivity contribution in [1.82, 2.24) is 4.90 Å². The zero-order chi connectivity index (χ0) is 9.40. The number of hydrogen-bond donors (Lipinski definition) is 2. The second-order valence-corrected chi connectivity index (χ2v) is 3.14. The first kappa shape index (κ1) is 11.4. The molecule has 72 valence electrons. The van der Waals surface area contributed by atoms with E-state index in [1.165, 1.54) is 25.9 Å². The van der Waals surface area contributed by atoms with Crippen molar-refractivity contribution in [1.29, 1.82) is 0 Å². The number of primary amides is 1. The van der Waals surface area contributed by atoms with Gasteiger partial charge < -0.3 is 16.4 Å². The SMILES string of the molecule is CN1CCCC(CN)C1.NC=O. The predicted octanol–water partition coefficient (Wildman–Crippen LogP) is -0.612. The van der Waals surface area contributed by atoms with Gasteiger partial charge in [0.15, 0.2) is 0 Å². The molecule has 0 aromatic heterocycles. The van der Waals surface area contributed by atoms with Crippen LogP contribution in [0.1, 0.15) is 12.8 Å². The molecule has 1 aliphatic rings. The summed E-state index contributed by atoms with van der Waals surface area (Å²) in [6.07, 6.45) is 2.92. The number of carbonyl (C=O) groups excluding carboxylic acids is 1. The number of rotatable bonds is 1. The smallest absolute Gasteiger partial charge is 0.204 e. The van der Waals surface area contributed by atoms with Crippen molar-refractivity contribution in [2.75, 3.05) is 26.7 Å². The van der Waals surface area contributed by atoms with E-state index in [0.29, 0.717) is 0 Å². The Morgan fingerprint density at radius 2 is 2.25 bits per heavy atom. The minimum absolute atomic E-state index is 0.250. The lowest BCUT2D eigenvalue weighted by molar-refractivity contribution is -0.106. The van der Waals surface area contributed by atoms with Crippen LogP contribution in [0.2, 0.25) is 0 Å². The van der Waals surface area contributed by atoms with Crippen molar-refractivity contribution < 1.29 is 4.79 Å². The Labute approximate surface area is 73.9 Å². The molecule has 0 saturated carbocycles. The highest BCUT2D eigenvalue weighted by Gasteiger charge is 2.14. The summed E-state index contributed by atoms with van der Waals surface area (Å²) >= 11 is 0. The minimum Gasteiger partial charge on any atom is -0.372 e. The number of nitrogens with two attached hydrogens (primary N) is 2. The van der Waals surface area contributed by atoms with Crippen molar-refractivity contribution in [2.45, 2.75) is 12.8 Å². The molecule has 0 radical (unpaired) electrons. The van der Waals surface area contributed by atoms with Gasteiger partial charge in [-0.25, -0.2) is 0 Å². The largest absolute Gasteiger partial charge is 0.372 e. The Kier molecular flexibility index (Phi) is 6.70. The maximum absolute atomic E-state index is 8.58. The fraction of sp³-hybridized carbons (Fsp3) is 0.875. The van der Waals surface area contributed by atoms with E-state index in [2.05, 4.69) is 17.7 Å². The molecule has 4 nitrogen and oxygen atoms in total. The molecule has 12 heavy (non-hydrogen) atoms. The van der Waals surface area contributed by atoms with Crippen LogP contribution in [0.4, 0.5) is 0 Å². The van der Waals surface area contributed by atoms with Gasteiger partial charge in [0.2, 0.25) is 6.41 Å². The molecule has 4 N–H and O–H groups in total. The molecule has 1 saturated heterocycles. The van der Waals surface area contributed by atoms with Gasteiger partial charge in [0.05, 0.1) is 0 Å². The van der Waals surface area contributed by atoms with Gasteiger partial charge in [-0.05, 0) is 38.9 Å². The molecule has 0 bridgehead atoms. The molecule has 0 aromatic carbocycles. The monoisotopic (exact) mass is 173 g/mol. The van der Waals surface area contributed by atoms with Gasteiger partial charge in [-0.3, -0.25) is 4.79 Å². The number of nitrogens with zero attached hydrogens (tertiary/aromatic N) is 1. The van der Waals surface area contributed by atoms with Crippen LogP contribution in [0.15, 0.2) is 0 Å². The Morgan fingerprint density at radius 3 is 2.58 bits per heavy atom. The van der Waals surface area contributed by atoms with E-state index in [9.17, 15) is 0 Å². The Bertz CT molecular complexity index is 119. The van der Waals surface area contributed by atoms with Crippen LogP contribution in [0.5, 0.6) is 0 Å². The normalized spacial score (nSPS) is 24.0. The van der Waals surface area contributed by atoms with Gasteiger partial charge >= 0.3 is 0 Å². The Balaban J connectivity index is 0.000000354. The van der Waals surface area contributed by atoms with Crippen LogP contribution in [0.3, 0.4) is 0 Å². The highest BCUT2D eigenvalue weighted by molar-refractivity contribution is 5.42. The van der Waals surface area contributed by atoms with Crippen LogP contribution in [0.25, 0.3) is 0 Å². The summed E-state index contributed by atoms with van der Waals surface area (Å²) in [5.74, 6) is 0.767. The summed E-state index contributed by atoms with van der Waals surface area (Å²) in [5, 5.41) is 0. The third-order valence-corrected chi connectivity index (χ3v) is 2.06. The summed E-state index contributed by atoms with van der Waals surface area (Å²) in [6, 6.07) is 0. The number of likely N-dealkylation sites (tertiary alicyclic amines) is 1. The lowest BCUT2D eigenvalue weighted by atomic mass is 9.99. The number of hydrogen-bond acceptors (Lipinski definition) is 3. The van der Waals surface area contributed by atoms with E-state index in [1.807, 2.05) is 0 Å². The second kappa shape index (κ2) is 7.06. The lowest BCUT2D eigenvalue weighted by Crippen LogP contribution is -2.35. The Hall–Kier alpha value is -0.610. The molecule has 1 rings (SSSR count). The van der Waals surface area contributed by atoms with E-state index in [-0.39, 0.29) is 6.41 Å². The molecule has 4 heteroatoms. The summed E-state index contributed by atoms with van der Waals surface area (Å²) in [5.41, 5.74) is 9.71. The third kappa shape index (κ3) is 5.09. The molecule has 1 unspecified atom stereocenters. The first-order valence-corrected chi connectivity index (χ1v) is 4.28. The molecule has 1 amide bonds. The average molecular weight is 173 g/mol. The van der Waals surface area contributed by atoms with E-state index in [1.54, 1.807) is 0 Å². The minimum atomic E-state index is 0.250. The van der Waals surface area contributed by atoms with Crippen molar-refractivity contribution in [3.63, 3.8) is 0 Å². The zero-order valence-corrected chi connectivity index (χ0v) is 7.70. The summed E-state index contributed by atoms with van der Waals surface area (Å²) in [6.45, 7) is 3.33. The highest BCUT2D eigenvalue weighted by atomic mass is 16.1. The summed E-state index contributed by atoms with van der Waals surface area (Å²) in [7, 11) is 2.17. The zero-order valence-electron chi connectivity index (χ0n) is 7.70. The van der Waals surface area contributed by atoms with E-state index in [0.717, 1.165) is 12.5 Å². The maximum Gasteiger partial charge on any atom is 0.204 e. The van der Waals surface area contributed by atoms with Crippen LogP contribution in [-0.2, 0) is 4.79 Å². The molecular weight excluding hydrogens is 154 g/mol. The number of amides is 1. The van der Waals surface area contributed by atoms with E-state index < -0.39 is 0 Å². The quantitative estimate of drug-likeness (QED) is 0.519. The second-order valence-electron chi connectivity index (χ2n) is 3.14. The Morgan fingerprint density at radius 1 is 1.67 bits per heavy atom. The van der Waals surface area contributed by atoms with E-state index in [4.69, 9.17) is 10.5 Å². The van der Waals surface area contributed by atoms with Gasteiger partial charge in [-0.1, -0.05) is 0 Å². The fourth-order valence-electron chi connectivity index (χ4n) is 1.47. The van der Waals surface area contributed by atoms with Crippen molar-refractivity contribution in [2.24, 2.45) is 17.4 Å². The molecule has 1 fully saturated rings. The fourth-order valence-corrected chi connectivity index (χ4v) is 1.47. The first-order chi connectivity index (χ1) is 5.74. The molecule has 0 aliphatic carbocycles. The molecule has 0 aromatic rings. The van der Waals surface area contributed by atoms with Gasteiger partial charge in [0, 0.05) is 6.54 Å². The third-order valence-electron chi connectivity index (χ3n) is 2.06. The molecule has 1 heterocycles. The van der Waals surface area contributed by atoms with Crippen LogP contribution < -0.4 is 11.5 Å². The van der Waals surface area contributed by atoms with Gasteiger partial charge in [-0.2, -0.15) is 0 Å². The molecular formula is C8H19N3O. The van der Waals surface area contributed by atoms with E-state index >= 15 is 0 Å². The van der Waals surface area contributed by atoms with Gasteiger partial charge in [-0.15, -0.1) is 0 Å². The van der Waals surface area contributed by atoms with Crippen LogP contribution in [-0.4, -0.2) is 38.0 Å². The summed E-state index contributed by atoms with van der Waals surface area (Å²) in [4.78, 5) is 10.9.